The van der Waals surface area contributed by atoms with E-state index in [1.807, 2.05) is 16.8 Å². The van der Waals surface area contributed by atoms with E-state index in [2.05, 4.69) is 5.10 Å². The molecule has 20 heavy (non-hydrogen) atoms. The van der Waals surface area contributed by atoms with Gasteiger partial charge in [0.25, 0.3) is 0 Å². The summed E-state index contributed by atoms with van der Waals surface area (Å²) in [5.74, 6) is -1.39. The van der Waals surface area contributed by atoms with Gasteiger partial charge in [0.2, 0.25) is 0 Å². The summed E-state index contributed by atoms with van der Waals surface area (Å²) in [6.07, 6.45) is 1.43. The first-order valence-corrected chi connectivity index (χ1v) is 6.71. The van der Waals surface area contributed by atoms with Gasteiger partial charge in [0.05, 0.1) is 5.69 Å². The lowest BCUT2D eigenvalue weighted by Gasteiger charge is -1.99. The summed E-state index contributed by atoms with van der Waals surface area (Å²) in [7, 11) is 0. The molecule has 0 fully saturated rings. The van der Waals surface area contributed by atoms with E-state index in [4.69, 9.17) is 0 Å². The maximum absolute atomic E-state index is 12.9. The van der Waals surface area contributed by atoms with Crippen LogP contribution in [0.5, 0.6) is 0 Å². The number of hydrogen-bond donors (Lipinski definition) is 1. The maximum Gasteiger partial charge on any atom is 0.339 e. The van der Waals surface area contributed by atoms with Gasteiger partial charge in [-0.25, -0.2) is 13.9 Å². The number of rotatable bonds is 3. The fourth-order valence-corrected chi connectivity index (χ4v) is 2.51. The van der Waals surface area contributed by atoms with Gasteiger partial charge >= 0.3 is 5.97 Å². The highest BCUT2D eigenvalue weighted by Crippen LogP contribution is 2.25. The Hall–Kier alpha value is -2.47. The lowest BCUT2D eigenvalue weighted by Crippen LogP contribution is -1.96. The molecule has 6 heteroatoms. The van der Waals surface area contributed by atoms with Crippen LogP contribution in [0.1, 0.15) is 10.4 Å². The number of carbonyl (C=O) groups is 1. The Morgan fingerprint density at radius 1 is 1.25 bits per heavy atom. The Morgan fingerprint density at radius 2 is 2.00 bits per heavy atom. The summed E-state index contributed by atoms with van der Waals surface area (Å²) in [6, 6.07) is 7.52. The predicted molar refractivity (Wildman–Crippen MR) is 73.8 cm³/mol. The number of carboxylic acid groups (broad SMARTS) is 1. The first-order valence-electron chi connectivity index (χ1n) is 5.76. The summed E-state index contributed by atoms with van der Waals surface area (Å²) >= 11 is 1.47. The minimum Gasteiger partial charge on any atom is -0.478 e. The third kappa shape index (κ3) is 2.21. The average Bonchev–Trinajstić information content (AvgIpc) is 3.08. The van der Waals surface area contributed by atoms with Crippen molar-refractivity contribution in [3.63, 3.8) is 0 Å². The lowest BCUT2D eigenvalue weighted by atomic mass is 10.1. The van der Waals surface area contributed by atoms with E-state index in [0.29, 0.717) is 11.4 Å². The second kappa shape index (κ2) is 4.90. The summed E-state index contributed by atoms with van der Waals surface area (Å²) in [5.41, 5.74) is 1.89. The molecule has 0 unspecified atom stereocenters. The fraction of sp³-hybridized carbons (Fsp3) is 0. The quantitative estimate of drug-likeness (QED) is 0.803. The first-order chi connectivity index (χ1) is 9.65. The third-order valence-corrected chi connectivity index (χ3v) is 3.51. The Bertz CT molecular complexity index is 748. The number of halogens is 1. The summed E-state index contributed by atoms with van der Waals surface area (Å²) in [6.45, 7) is 0. The van der Waals surface area contributed by atoms with E-state index in [9.17, 15) is 14.3 Å². The number of thiophene rings is 1. The van der Waals surface area contributed by atoms with Crippen LogP contribution in [-0.4, -0.2) is 20.9 Å². The maximum atomic E-state index is 12.9. The van der Waals surface area contributed by atoms with Gasteiger partial charge in [-0.3, -0.25) is 0 Å². The van der Waals surface area contributed by atoms with Crippen molar-refractivity contribution < 1.29 is 14.3 Å². The highest BCUT2D eigenvalue weighted by molar-refractivity contribution is 7.08. The minimum atomic E-state index is -1.04. The van der Waals surface area contributed by atoms with Crippen LogP contribution in [0.4, 0.5) is 4.39 Å². The van der Waals surface area contributed by atoms with E-state index >= 15 is 0 Å². The second-order valence-electron chi connectivity index (χ2n) is 4.13. The van der Waals surface area contributed by atoms with Crippen LogP contribution in [0.2, 0.25) is 0 Å². The molecule has 4 nitrogen and oxygen atoms in total. The molecule has 100 valence electrons. The molecule has 0 bridgehead atoms. The molecule has 0 saturated carbocycles. The van der Waals surface area contributed by atoms with Gasteiger partial charge in [-0.2, -0.15) is 16.4 Å². The zero-order valence-electron chi connectivity index (χ0n) is 10.2. The zero-order chi connectivity index (χ0) is 14.1. The Balaban J connectivity index is 2.12. The van der Waals surface area contributed by atoms with Gasteiger partial charge in [0, 0.05) is 17.1 Å². The Morgan fingerprint density at radius 3 is 2.60 bits per heavy atom. The van der Waals surface area contributed by atoms with Gasteiger partial charge < -0.3 is 5.11 Å². The SMILES string of the molecule is O=C(O)c1cn(-c2ccc(F)cc2)nc1-c1ccsc1. The van der Waals surface area contributed by atoms with Crippen LogP contribution < -0.4 is 0 Å². The zero-order valence-corrected chi connectivity index (χ0v) is 11.0. The molecule has 2 aromatic heterocycles. The minimum absolute atomic E-state index is 0.118. The van der Waals surface area contributed by atoms with Crippen LogP contribution in [0.3, 0.4) is 0 Å². The van der Waals surface area contributed by atoms with Gasteiger partial charge in [-0.1, -0.05) is 0 Å². The topological polar surface area (TPSA) is 55.1 Å². The van der Waals surface area contributed by atoms with Crippen LogP contribution in [0.25, 0.3) is 16.9 Å². The van der Waals surface area contributed by atoms with Crippen molar-refractivity contribution in [1.29, 1.82) is 0 Å². The van der Waals surface area contributed by atoms with Crippen molar-refractivity contribution in [1.82, 2.24) is 9.78 Å². The predicted octanol–water partition coefficient (Wildman–Crippen LogP) is 3.44. The van der Waals surface area contributed by atoms with Crippen molar-refractivity contribution >= 4 is 17.3 Å². The van der Waals surface area contributed by atoms with E-state index in [-0.39, 0.29) is 11.4 Å². The number of nitrogens with zero attached hydrogens (tertiary/aromatic N) is 2. The molecule has 0 spiro atoms. The fourth-order valence-electron chi connectivity index (χ4n) is 1.87. The highest BCUT2D eigenvalue weighted by atomic mass is 32.1. The molecule has 0 amide bonds. The van der Waals surface area contributed by atoms with Crippen LogP contribution >= 0.6 is 11.3 Å². The van der Waals surface area contributed by atoms with Crippen LogP contribution in [0.15, 0.2) is 47.3 Å². The van der Waals surface area contributed by atoms with E-state index < -0.39 is 5.97 Å². The molecule has 0 saturated heterocycles. The third-order valence-electron chi connectivity index (χ3n) is 2.83. The van der Waals surface area contributed by atoms with E-state index in [1.54, 1.807) is 12.1 Å². The average molecular weight is 288 g/mol. The highest BCUT2D eigenvalue weighted by Gasteiger charge is 2.17. The Kier molecular flexibility index (Phi) is 3.08. The van der Waals surface area contributed by atoms with Crippen LogP contribution in [-0.2, 0) is 0 Å². The smallest absolute Gasteiger partial charge is 0.339 e. The molecule has 1 N–H and O–H groups in total. The van der Waals surface area contributed by atoms with Gasteiger partial charge in [0.1, 0.15) is 17.1 Å². The van der Waals surface area contributed by atoms with Crippen molar-refractivity contribution in [3.05, 3.63) is 58.7 Å². The molecule has 3 rings (SSSR count). The summed E-state index contributed by atoms with van der Waals surface area (Å²) < 4.78 is 14.4. The number of aromatic nitrogens is 2. The Labute approximate surface area is 117 Å². The largest absolute Gasteiger partial charge is 0.478 e. The van der Waals surface area contributed by atoms with Crippen molar-refractivity contribution in [3.8, 4) is 16.9 Å². The lowest BCUT2D eigenvalue weighted by molar-refractivity contribution is 0.0697. The molecule has 0 atom stereocenters. The first kappa shape index (κ1) is 12.6. The summed E-state index contributed by atoms with van der Waals surface area (Å²) in [4.78, 5) is 11.3. The normalized spacial score (nSPS) is 10.7. The van der Waals surface area contributed by atoms with Gasteiger partial charge in [0.15, 0.2) is 0 Å². The molecule has 2 heterocycles. The second-order valence-corrected chi connectivity index (χ2v) is 4.91. The number of hydrogen-bond acceptors (Lipinski definition) is 3. The standard InChI is InChI=1S/C14H9FN2O2S/c15-10-1-3-11(4-2-10)17-7-12(14(18)19)13(16-17)9-5-6-20-8-9/h1-8H,(H,18,19). The molecule has 0 aliphatic heterocycles. The number of aromatic carboxylic acids is 1. The number of benzene rings is 1. The van der Waals surface area contributed by atoms with Crippen molar-refractivity contribution in [2.24, 2.45) is 0 Å². The number of carboxylic acids is 1. The van der Waals surface area contributed by atoms with Crippen LogP contribution in [0, 0.1) is 5.82 Å². The molecule has 3 aromatic rings. The van der Waals surface area contributed by atoms with Gasteiger partial charge in [-0.15, -0.1) is 0 Å². The molecule has 0 aliphatic carbocycles. The molecule has 0 radical (unpaired) electrons. The van der Waals surface area contributed by atoms with Crippen molar-refractivity contribution in [2.45, 2.75) is 0 Å². The summed E-state index contributed by atoms with van der Waals surface area (Å²) in [5, 5.41) is 17.2. The van der Waals surface area contributed by atoms with E-state index in [1.165, 1.54) is 34.3 Å². The molecule has 1 aromatic carbocycles. The van der Waals surface area contributed by atoms with E-state index in [0.717, 1.165) is 5.56 Å². The molecular weight excluding hydrogens is 279 g/mol. The monoisotopic (exact) mass is 288 g/mol. The molecular formula is C14H9FN2O2S. The molecule has 0 aliphatic rings. The van der Waals surface area contributed by atoms with Crippen molar-refractivity contribution in [2.75, 3.05) is 0 Å². The van der Waals surface area contributed by atoms with Gasteiger partial charge in [-0.05, 0) is 35.7 Å².